The lowest BCUT2D eigenvalue weighted by Crippen LogP contribution is -2.52. The van der Waals surface area contributed by atoms with Gasteiger partial charge < -0.3 is 9.79 Å². The van der Waals surface area contributed by atoms with Gasteiger partial charge in [-0.1, -0.05) is 37.5 Å². The summed E-state index contributed by atoms with van der Waals surface area (Å²) >= 11 is 0. The van der Waals surface area contributed by atoms with Gasteiger partial charge >= 0.3 is 7.60 Å². The zero-order chi connectivity index (χ0) is 14.8. The monoisotopic (exact) mass is 297 g/mol. The number of para-hydroxylation sites is 1. The zero-order valence-electron chi connectivity index (χ0n) is 11.5. The Labute approximate surface area is 118 Å². The fourth-order valence-electron chi connectivity index (χ4n) is 3.06. The summed E-state index contributed by atoms with van der Waals surface area (Å²) in [6, 6.07) is 8.77. The van der Waals surface area contributed by atoms with E-state index in [0.717, 1.165) is 19.3 Å². The van der Waals surface area contributed by atoms with Crippen LogP contribution in [0, 0.1) is 0 Å². The van der Waals surface area contributed by atoms with E-state index in [1.165, 1.54) is 11.8 Å². The molecule has 1 aromatic carbocycles. The predicted molar refractivity (Wildman–Crippen MR) is 77.5 cm³/mol. The topological polar surface area (TPSA) is 77.8 Å². The molecule has 1 aliphatic carbocycles. The molecule has 2 rings (SSSR count). The van der Waals surface area contributed by atoms with Crippen LogP contribution >= 0.6 is 7.60 Å². The van der Waals surface area contributed by atoms with Crippen molar-refractivity contribution < 1.29 is 19.1 Å². The Morgan fingerprint density at radius 1 is 1.15 bits per heavy atom. The molecule has 1 aliphatic rings. The Bertz CT molecular complexity index is 519. The van der Waals surface area contributed by atoms with E-state index in [4.69, 9.17) is 0 Å². The second-order valence-electron chi connectivity index (χ2n) is 5.28. The Balaban J connectivity index is 2.54. The fraction of sp³-hybridized carbons (Fsp3) is 0.500. The third-order valence-corrected chi connectivity index (χ3v) is 5.67. The molecule has 0 aromatic heterocycles. The van der Waals surface area contributed by atoms with Crippen LogP contribution in [-0.2, 0) is 9.36 Å². The molecule has 0 saturated heterocycles. The second-order valence-corrected chi connectivity index (χ2v) is 7.20. The van der Waals surface area contributed by atoms with Gasteiger partial charge in [0.2, 0.25) is 5.91 Å². The highest BCUT2D eigenvalue weighted by molar-refractivity contribution is 7.53. The van der Waals surface area contributed by atoms with Gasteiger partial charge in [0.15, 0.2) is 0 Å². The number of nitrogens with zero attached hydrogens (tertiary/aromatic N) is 1. The molecule has 5 nitrogen and oxygen atoms in total. The van der Waals surface area contributed by atoms with Crippen molar-refractivity contribution in [3.8, 4) is 0 Å². The minimum atomic E-state index is -4.44. The lowest BCUT2D eigenvalue weighted by Gasteiger charge is -2.45. The van der Waals surface area contributed by atoms with Crippen molar-refractivity contribution in [1.29, 1.82) is 0 Å². The van der Waals surface area contributed by atoms with E-state index in [1.807, 2.05) is 6.07 Å². The standard InChI is InChI=1S/C14H20NO4P/c1-12(16)15(13-8-4-2-5-9-13)14(20(17,18)19)10-6-3-7-11-14/h2,4-5,8-9H,3,6-7,10-11H2,1H3,(H2,17,18,19). The van der Waals surface area contributed by atoms with Crippen LogP contribution in [0.15, 0.2) is 30.3 Å². The van der Waals surface area contributed by atoms with Crippen molar-refractivity contribution in [2.75, 3.05) is 4.90 Å². The van der Waals surface area contributed by atoms with Gasteiger partial charge in [-0.25, -0.2) is 0 Å². The van der Waals surface area contributed by atoms with Gasteiger partial charge in [-0.15, -0.1) is 0 Å². The van der Waals surface area contributed by atoms with Gasteiger partial charge in [0.05, 0.1) is 0 Å². The van der Waals surface area contributed by atoms with Crippen molar-refractivity contribution in [3.05, 3.63) is 30.3 Å². The first-order valence-electron chi connectivity index (χ1n) is 6.80. The van der Waals surface area contributed by atoms with Gasteiger partial charge in [0, 0.05) is 12.6 Å². The van der Waals surface area contributed by atoms with Crippen LogP contribution in [0.2, 0.25) is 0 Å². The first-order valence-corrected chi connectivity index (χ1v) is 8.41. The summed E-state index contributed by atoms with van der Waals surface area (Å²) in [6.45, 7) is 1.36. The number of carbonyl (C=O) groups excluding carboxylic acids is 1. The molecule has 0 bridgehead atoms. The molecule has 1 saturated carbocycles. The lowest BCUT2D eigenvalue weighted by molar-refractivity contribution is -0.117. The average Bonchev–Trinajstić information content (AvgIpc) is 2.39. The Morgan fingerprint density at radius 2 is 1.70 bits per heavy atom. The number of anilines is 1. The highest BCUT2D eigenvalue weighted by atomic mass is 31.2. The van der Waals surface area contributed by atoms with Gasteiger partial charge in [0.1, 0.15) is 5.28 Å². The normalized spacial score (nSPS) is 18.6. The van der Waals surface area contributed by atoms with E-state index < -0.39 is 12.9 Å². The number of rotatable bonds is 3. The van der Waals surface area contributed by atoms with E-state index in [2.05, 4.69) is 0 Å². The molecule has 0 unspecified atom stereocenters. The van der Waals surface area contributed by atoms with Crippen molar-refractivity contribution in [3.63, 3.8) is 0 Å². The molecule has 0 heterocycles. The van der Waals surface area contributed by atoms with Gasteiger partial charge in [-0.3, -0.25) is 14.3 Å². The third kappa shape index (κ3) is 2.66. The van der Waals surface area contributed by atoms with E-state index in [-0.39, 0.29) is 5.91 Å². The van der Waals surface area contributed by atoms with Crippen LogP contribution in [0.3, 0.4) is 0 Å². The maximum absolute atomic E-state index is 12.1. The average molecular weight is 297 g/mol. The molecule has 0 radical (unpaired) electrons. The number of carbonyl (C=O) groups is 1. The molecule has 0 aliphatic heterocycles. The quantitative estimate of drug-likeness (QED) is 0.841. The van der Waals surface area contributed by atoms with Gasteiger partial charge in [-0.2, -0.15) is 0 Å². The molecule has 110 valence electrons. The molecule has 1 fully saturated rings. The minimum absolute atomic E-state index is 0.332. The van der Waals surface area contributed by atoms with Gasteiger partial charge in [-0.05, 0) is 25.0 Å². The van der Waals surface area contributed by atoms with Gasteiger partial charge in [0.25, 0.3) is 0 Å². The largest absolute Gasteiger partial charge is 0.351 e. The van der Waals surface area contributed by atoms with Crippen LogP contribution < -0.4 is 4.90 Å². The SMILES string of the molecule is CC(=O)N(c1ccccc1)C1(P(=O)(O)O)CCCCC1. The maximum atomic E-state index is 12.1. The summed E-state index contributed by atoms with van der Waals surface area (Å²) in [4.78, 5) is 33.2. The molecular formula is C14H20NO4P. The van der Waals surface area contributed by atoms with E-state index in [1.54, 1.807) is 24.3 Å². The highest BCUT2D eigenvalue weighted by Crippen LogP contribution is 2.60. The lowest BCUT2D eigenvalue weighted by atomic mass is 9.92. The highest BCUT2D eigenvalue weighted by Gasteiger charge is 2.53. The van der Waals surface area contributed by atoms with Crippen LogP contribution in [0.5, 0.6) is 0 Å². The smallest absolute Gasteiger partial charge is 0.323 e. The number of hydrogen-bond acceptors (Lipinski definition) is 2. The first kappa shape index (κ1) is 15.2. The van der Waals surface area contributed by atoms with Crippen molar-refractivity contribution in [2.24, 2.45) is 0 Å². The maximum Gasteiger partial charge on any atom is 0.351 e. The zero-order valence-corrected chi connectivity index (χ0v) is 12.4. The number of benzene rings is 1. The molecule has 2 N–H and O–H groups in total. The molecule has 0 spiro atoms. The molecule has 20 heavy (non-hydrogen) atoms. The number of hydrogen-bond donors (Lipinski definition) is 2. The molecule has 1 aromatic rings. The summed E-state index contributed by atoms with van der Waals surface area (Å²) in [6.07, 6.45) is 3.07. The van der Waals surface area contributed by atoms with Crippen LogP contribution in [0.4, 0.5) is 5.69 Å². The second kappa shape index (κ2) is 5.68. The van der Waals surface area contributed by atoms with Crippen molar-refractivity contribution in [2.45, 2.75) is 44.3 Å². The van der Waals surface area contributed by atoms with E-state index in [0.29, 0.717) is 18.5 Å². The van der Waals surface area contributed by atoms with E-state index >= 15 is 0 Å². The molecule has 6 heteroatoms. The van der Waals surface area contributed by atoms with Crippen LogP contribution in [-0.4, -0.2) is 21.0 Å². The molecular weight excluding hydrogens is 277 g/mol. The summed E-state index contributed by atoms with van der Waals surface area (Å²) in [7, 11) is -4.44. The fourth-order valence-corrected chi connectivity index (χ4v) is 4.47. The summed E-state index contributed by atoms with van der Waals surface area (Å²) < 4.78 is 12.1. The van der Waals surface area contributed by atoms with Crippen molar-refractivity contribution in [1.82, 2.24) is 0 Å². The predicted octanol–water partition coefficient (Wildman–Crippen LogP) is 2.88. The molecule has 0 atom stereocenters. The van der Waals surface area contributed by atoms with E-state index in [9.17, 15) is 19.1 Å². The summed E-state index contributed by atoms with van der Waals surface area (Å²) in [5.74, 6) is -0.332. The van der Waals surface area contributed by atoms with Crippen LogP contribution in [0.25, 0.3) is 0 Å². The summed E-state index contributed by atoms with van der Waals surface area (Å²) in [5.41, 5.74) is 0.547. The third-order valence-electron chi connectivity index (χ3n) is 3.94. The Hall–Kier alpha value is -1.16. The minimum Gasteiger partial charge on any atom is -0.323 e. The van der Waals surface area contributed by atoms with Crippen molar-refractivity contribution >= 4 is 19.2 Å². The Morgan fingerprint density at radius 3 is 2.15 bits per heavy atom. The van der Waals surface area contributed by atoms with Crippen LogP contribution in [0.1, 0.15) is 39.0 Å². The number of amides is 1. The summed E-state index contributed by atoms with van der Waals surface area (Å²) in [5, 5.41) is -1.39. The Kier molecular flexibility index (Phi) is 4.33. The molecule has 1 amide bonds. The first-order chi connectivity index (χ1) is 9.38.